The van der Waals surface area contributed by atoms with Crippen LogP contribution in [0.2, 0.25) is 0 Å². The number of nitrogens with zero attached hydrogens (tertiary/aromatic N) is 1. The smallest absolute Gasteiger partial charge is 0.255 e. The number of H-pyrrole nitrogens is 1. The van der Waals surface area contributed by atoms with E-state index in [1.165, 1.54) is 0 Å². The molecule has 0 spiro atoms. The highest BCUT2D eigenvalue weighted by molar-refractivity contribution is 6.07. The number of piperidine rings is 1. The summed E-state index contributed by atoms with van der Waals surface area (Å²) in [6.07, 6.45) is 4.40. The Morgan fingerprint density at radius 3 is 2.62 bits per heavy atom. The third kappa shape index (κ3) is 1.75. The van der Waals surface area contributed by atoms with Crippen LogP contribution in [-0.4, -0.2) is 33.6 Å². The van der Waals surface area contributed by atoms with Crippen LogP contribution in [0.5, 0.6) is 0 Å². The first-order valence-corrected chi connectivity index (χ1v) is 6.87. The Kier molecular flexibility index (Phi) is 2.42. The number of imide groups is 1. The molecular formula is C15H13N3O3. The highest BCUT2D eigenvalue weighted by atomic mass is 16.2. The number of amides is 3. The van der Waals surface area contributed by atoms with E-state index >= 15 is 0 Å². The SMILES string of the molecule is O=C1CC[C@H](N2Cc3cc4c[nH]cc4cc3C2=O)C(=O)N1. The van der Waals surface area contributed by atoms with Gasteiger partial charge in [-0.1, -0.05) is 0 Å². The van der Waals surface area contributed by atoms with Crippen LogP contribution in [0.1, 0.15) is 28.8 Å². The van der Waals surface area contributed by atoms with Gasteiger partial charge >= 0.3 is 0 Å². The monoisotopic (exact) mass is 283 g/mol. The molecule has 1 aromatic carbocycles. The first kappa shape index (κ1) is 12.1. The van der Waals surface area contributed by atoms with Gasteiger partial charge < -0.3 is 9.88 Å². The van der Waals surface area contributed by atoms with Crippen LogP contribution in [0.4, 0.5) is 0 Å². The molecule has 6 nitrogen and oxygen atoms in total. The molecule has 3 heterocycles. The summed E-state index contributed by atoms with van der Waals surface area (Å²) in [6.45, 7) is 0.418. The molecule has 3 amide bonds. The molecule has 1 saturated heterocycles. The number of benzene rings is 1. The zero-order valence-corrected chi connectivity index (χ0v) is 11.2. The number of nitrogens with one attached hydrogen (secondary N) is 2. The van der Waals surface area contributed by atoms with Crippen molar-refractivity contribution in [3.8, 4) is 0 Å². The van der Waals surface area contributed by atoms with Crippen molar-refractivity contribution in [1.29, 1.82) is 0 Å². The van der Waals surface area contributed by atoms with E-state index in [9.17, 15) is 14.4 Å². The molecule has 2 aliphatic rings. The van der Waals surface area contributed by atoms with Gasteiger partial charge in [0.25, 0.3) is 5.91 Å². The van der Waals surface area contributed by atoms with Crippen LogP contribution >= 0.6 is 0 Å². The van der Waals surface area contributed by atoms with Gasteiger partial charge in [0.1, 0.15) is 6.04 Å². The van der Waals surface area contributed by atoms with Gasteiger partial charge in [0.05, 0.1) is 0 Å². The summed E-state index contributed by atoms with van der Waals surface area (Å²) >= 11 is 0. The van der Waals surface area contributed by atoms with Gasteiger partial charge in [-0.2, -0.15) is 0 Å². The maximum absolute atomic E-state index is 12.5. The topological polar surface area (TPSA) is 82.3 Å². The van der Waals surface area contributed by atoms with E-state index in [2.05, 4.69) is 10.3 Å². The molecule has 21 heavy (non-hydrogen) atoms. The van der Waals surface area contributed by atoms with Crippen LogP contribution in [0.15, 0.2) is 24.5 Å². The Morgan fingerprint density at radius 2 is 1.86 bits per heavy atom. The molecule has 2 aliphatic heterocycles. The molecule has 4 rings (SSSR count). The molecule has 0 saturated carbocycles. The maximum atomic E-state index is 12.5. The van der Waals surface area contributed by atoms with Crippen molar-refractivity contribution in [2.75, 3.05) is 0 Å². The molecule has 0 unspecified atom stereocenters. The van der Waals surface area contributed by atoms with Crippen LogP contribution in [0, 0.1) is 0 Å². The maximum Gasteiger partial charge on any atom is 0.255 e. The van der Waals surface area contributed by atoms with Crippen LogP contribution in [0.25, 0.3) is 10.8 Å². The Morgan fingerprint density at radius 1 is 1.10 bits per heavy atom. The van der Waals surface area contributed by atoms with E-state index in [1.54, 1.807) is 4.90 Å². The lowest BCUT2D eigenvalue weighted by atomic mass is 10.0. The largest absolute Gasteiger partial charge is 0.366 e. The third-order valence-electron chi connectivity index (χ3n) is 4.20. The molecule has 2 aromatic rings. The average Bonchev–Trinajstić information content (AvgIpc) is 3.02. The van der Waals surface area contributed by atoms with Crippen molar-refractivity contribution in [2.45, 2.75) is 25.4 Å². The van der Waals surface area contributed by atoms with E-state index in [0.717, 1.165) is 16.3 Å². The summed E-state index contributed by atoms with van der Waals surface area (Å²) in [5.41, 5.74) is 1.57. The predicted molar refractivity (Wildman–Crippen MR) is 74.3 cm³/mol. The molecule has 0 bridgehead atoms. The van der Waals surface area contributed by atoms with E-state index in [0.29, 0.717) is 18.5 Å². The Balaban J connectivity index is 1.69. The standard InChI is InChI=1S/C15H13N3O3/c19-13-2-1-12(14(20)17-13)18-7-10-3-8-5-16-6-9(8)4-11(10)15(18)21/h3-6,12,16H,1-2,7H2,(H,17,19,20)/t12-/m0/s1. The Hall–Kier alpha value is -2.63. The van der Waals surface area contributed by atoms with Crippen molar-refractivity contribution >= 4 is 28.5 Å². The van der Waals surface area contributed by atoms with Crippen LogP contribution < -0.4 is 5.32 Å². The van der Waals surface area contributed by atoms with E-state index < -0.39 is 6.04 Å². The summed E-state index contributed by atoms with van der Waals surface area (Å²) in [7, 11) is 0. The Bertz CT molecular complexity index is 793. The number of carbonyl (C=O) groups is 3. The number of carbonyl (C=O) groups excluding carboxylic acids is 3. The molecular weight excluding hydrogens is 270 g/mol. The zero-order chi connectivity index (χ0) is 14.6. The van der Waals surface area contributed by atoms with E-state index in [4.69, 9.17) is 0 Å². The fourth-order valence-electron chi connectivity index (χ4n) is 3.12. The zero-order valence-electron chi connectivity index (χ0n) is 11.2. The van der Waals surface area contributed by atoms with Gasteiger partial charge in [-0.3, -0.25) is 19.7 Å². The van der Waals surface area contributed by atoms with Gasteiger partial charge in [0.15, 0.2) is 0 Å². The molecule has 0 aliphatic carbocycles. The highest BCUT2D eigenvalue weighted by Gasteiger charge is 2.39. The van der Waals surface area contributed by atoms with Crippen LogP contribution in [-0.2, 0) is 16.1 Å². The van der Waals surface area contributed by atoms with Gasteiger partial charge in [0.2, 0.25) is 11.8 Å². The molecule has 6 heteroatoms. The van der Waals surface area contributed by atoms with Crippen molar-refractivity contribution in [3.63, 3.8) is 0 Å². The normalized spacial score (nSPS) is 21.8. The minimum Gasteiger partial charge on any atom is -0.366 e. The molecule has 106 valence electrons. The second kappa shape index (κ2) is 4.18. The summed E-state index contributed by atoms with van der Waals surface area (Å²) in [5, 5.41) is 4.33. The van der Waals surface area contributed by atoms with Crippen LogP contribution in [0.3, 0.4) is 0 Å². The number of aromatic nitrogens is 1. The van der Waals surface area contributed by atoms with Gasteiger partial charge in [-0.15, -0.1) is 0 Å². The molecule has 1 atom stereocenters. The lowest BCUT2D eigenvalue weighted by Gasteiger charge is -2.29. The lowest BCUT2D eigenvalue weighted by Crippen LogP contribution is -2.52. The quantitative estimate of drug-likeness (QED) is 0.764. The molecule has 1 fully saturated rings. The van der Waals surface area contributed by atoms with Crippen molar-refractivity contribution in [1.82, 2.24) is 15.2 Å². The number of hydrogen-bond acceptors (Lipinski definition) is 3. The molecule has 1 aromatic heterocycles. The molecule has 2 N–H and O–H groups in total. The minimum atomic E-state index is -0.552. The highest BCUT2D eigenvalue weighted by Crippen LogP contribution is 2.30. The number of fused-ring (bicyclic) bond motifs is 2. The number of rotatable bonds is 1. The van der Waals surface area contributed by atoms with E-state index in [-0.39, 0.29) is 24.1 Å². The van der Waals surface area contributed by atoms with Gasteiger partial charge in [0, 0.05) is 30.9 Å². The second-order valence-electron chi connectivity index (χ2n) is 5.49. The summed E-state index contributed by atoms with van der Waals surface area (Å²) in [6, 6.07) is 3.28. The third-order valence-corrected chi connectivity index (χ3v) is 4.20. The van der Waals surface area contributed by atoms with Gasteiger partial charge in [-0.05, 0) is 34.9 Å². The summed E-state index contributed by atoms with van der Waals surface area (Å²) in [4.78, 5) is 40.3. The first-order chi connectivity index (χ1) is 10.1. The molecule has 0 radical (unpaired) electrons. The number of hydrogen-bond donors (Lipinski definition) is 2. The fourth-order valence-corrected chi connectivity index (χ4v) is 3.12. The summed E-state index contributed by atoms with van der Waals surface area (Å²) in [5.74, 6) is -0.781. The second-order valence-corrected chi connectivity index (χ2v) is 5.49. The predicted octanol–water partition coefficient (Wildman–Crippen LogP) is 0.929. The fraction of sp³-hybridized carbons (Fsp3) is 0.267. The number of aromatic amines is 1. The van der Waals surface area contributed by atoms with Crippen molar-refractivity contribution in [3.05, 3.63) is 35.7 Å². The van der Waals surface area contributed by atoms with E-state index in [1.807, 2.05) is 24.5 Å². The average molecular weight is 283 g/mol. The Labute approximate surface area is 120 Å². The first-order valence-electron chi connectivity index (χ1n) is 6.87. The van der Waals surface area contributed by atoms with Gasteiger partial charge in [-0.25, -0.2) is 0 Å². The lowest BCUT2D eigenvalue weighted by molar-refractivity contribution is -0.136. The summed E-state index contributed by atoms with van der Waals surface area (Å²) < 4.78 is 0. The minimum absolute atomic E-state index is 0.136. The van der Waals surface area contributed by atoms with Crippen molar-refractivity contribution in [2.24, 2.45) is 0 Å². The van der Waals surface area contributed by atoms with Crippen molar-refractivity contribution < 1.29 is 14.4 Å².